The maximum absolute atomic E-state index is 6.51. The molecule has 0 saturated heterocycles. The van der Waals surface area contributed by atoms with Gasteiger partial charge in [0.25, 0.3) is 0 Å². The summed E-state index contributed by atoms with van der Waals surface area (Å²) in [4.78, 5) is 0. The van der Waals surface area contributed by atoms with E-state index in [1.165, 1.54) is 122 Å². The molecule has 342 valence electrons. The van der Waals surface area contributed by atoms with Crippen LogP contribution in [0, 0.1) is 0 Å². The predicted molar refractivity (Wildman–Crippen MR) is 301 cm³/mol. The Morgan fingerprint density at radius 3 is 1.07 bits per heavy atom. The molecule has 0 N–H and O–H groups in total. The van der Waals surface area contributed by atoms with Crippen LogP contribution in [0.25, 0.3) is 121 Å². The highest BCUT2D eigenvalue weighted by Crippen LogP contribution is 2.55. The fraction of sp³-hybridized carbons (Fsp3) is 0.130. The first kappa shape index (κ1) is 40.3. The molecule has 3 heteroatoms. The van der Waals surface area contributed by atoms with Crippen LogP contribution < -0.4 is 0 Å². The molecule has 0 fully saturated rings. The third-order valence-corrected chi connectivity index (χ3v) is 17.7. The number of fused-ring (bicyclic) bond motifs is 18. The van der Waals surface area contributed by atoms with Crippen molar-refractivity contribution >= 4 is 65.6 Å². The molecule has 3 aromatic heterocycles. The standard InChI is InChI=1S/C69H50N2O/c1-67(2)55-19-11-7-15-43(55)47-31-50-51-32-48-44-16-8-12-20-56(44)68(3,4)59(48)37-63(51)71(62(50)36-58(47)67)42-29-25-40(26-30-42)39-23-27-41(28-24-39)70-61-34-54-46-18-10-14-22-65(46)72-66(54)35-53(61)52-33-49-45-17-9-13-21-57(45)69(5,6)60(49)38-64(52)70/h7-38H,1-6H3. The Hall–Kier alpha value is -8.40. The van der Waals surface area contributed by atoms with Gasteiger partial charge in [0.2, 0.25) is 0 Å². The van der Waals surface area contributed by atoms with E-state index in [0.29, 0.717) is 0 Å². The van der Waals surface area contributed by atoms with Crippen molar-refractivity contribution in [2.75, 3.05) is 0 Å². The molecule has 16 rings (SSSR count). The van der Waals surface area contributed by atoms with Gasteiger partial charge in [-0.1, -0.05) is 157 Å². The Morgan fingerprint density at radius 1 is 0.278 bits per heavy atom. The molecule has 0 bridgehead atoms. The number of hydrogen-bond donors (Lipinski definition) is 0. The van der Waals surface area contributed by atoms with Gasteiger partial charge in [-0.05, 0) is 157 Å². The minimum absolute atomic E-state index is 0.109. The summed E-state index contributed by atoms with van der Waals surface area (Å²) in [5.74, 6) is 0. The van der Waals surface area contributed by atoms with Crippen LogP contribution in [0.15, 0.2) is 199 Å². The molecule has 3 heterocycles. The van der Waals surface area contributed by atoms with E-state index in [4.69, 9.17) is 4.42 Å². The van der Waals surface area contributed by atoms with Gasteiger partial charge in [-0.15, -0.1) is 0 Å². The lowest BCUT2D eigenvalue weighted by atomic mass is 9.82. The lowest BCUT2D eigenvalue weighted by molar-refractivity contribution is 0.660. The molecule has 13 aromatic rings. The molecule has 0 atom stereocenters. The molecule has 3 aliphatic rings. The lowest BCUT2D eigenvalue weighted by Gasteiger charge is -2.22. The maximum atomic E-state index is 6.51. The average Bonchev–Trinajstić information content (AvgIpc) is 4.19. The van der Waals surface area contributed by atoms with Crippen molar-refractivity contribution in [2.45, 2.75) is 57.8 Å². The molecule has 0 aliphatic heterocycles. The first-order valence-corrected chi connectivity index (χ1v) is 25.6. The van der Waals surface area contributed by atoms with Crippen LogP contribution in [0.4, 0.5) is 0 Å². The lowest BCUT2D eigenvalue weighted by Crippen LogP contribution is -2.15. The van der Waals surface area contributed by atoms with Crippen LogP contribution in [0.2, 0.25) is 0 Å². The summed E-state index contributed by atoms with van der Waals surface area (Å²) in [6.45, 7) is 14.3. The van der Waals surface area contributed by atoms with Gasteiger partial charge in [0.15, 0.2) is 0 Å². The first-order valence-electron chi connectivity index (χ1n) is 25.6. The smallest absolute Gasteiger partial charge is 0.136 e. The summed E-state index contributed by atoms with van der Waals surface area (Å²) in [6, 6.07) is 73.4. The summed E-state index contributed by atoms with van der Waals surface area (Å²) in [5.41, 5.74) is 27.4. The van der Waals surface area contributed by atoms with Gasteiger partial charge in [-0.2, -0.15) is 0 Å². The van der Waals surface area contributed by atoms with Gasteiger partial charge in [0, 0.05) is 59.9 Å². The van der Waals surface area contributed by atoms with Crippen molar-refractivity contribution in [3.8, 4) is 55.9 Å². The highest BCUT2D eigenvalue weighted by atomic mass is 16.3. The second-order valence-corrected chi connectivity index (χ2v) is 22.5. The Bertz CT molecular complexity index is 4440. The number of para-hydroxylation sites is 1. The third kappa shape index (κ3) is 5.05. The van der Waals surface area contributed by atoms with Crippen LogP contribution in [0.1, 0.15) is 74.9 Å². The van der Waals surface area contributed by atoms with Gasteiger partial charge < -0.3 is 13.6 Å². The van der Waals surface area contributed by atoms with E-state index in [1.54, 1.807) is 0 Å². The zero-order chi connectivity index (χ0) is 48.2. The first-order chi connectivity index (χ1) is 34.9. The number of furan rings is 1. The molecule has 3 nitrogen and oxygen atoms in total. The zero-order valence-corrected chi connectivity index (χ0v) is 41.3. The minimum Gasteiger partial charge on any atom is -0.456 e. The van der Waals surface area contributed by atoms with E-state index < -0.39 is 0 Å². The highest BCUT2D eigenvalue weighted by Gasteiger charge is 2.39. The monoisotopic (exact) mass is 922 g/mol. The Balaban J connectivity index is 0.848. The molecule has 10 aromatic carbocycles. The van der Waals surface area contributed by atoms with Crippen molar-refractivity contribution in [2.24, 2.45) is 0 Å². The molecular weight excluding hydrogens is 873 g/mol. The van der Waals surface area contributed by atoms with E-state index >= 15 is 0 Å². The number of hydrogen-bond acceptors (Lipinski definition) is 1. The van der Waals surface area contributed by atoms with E-state index in [2.05, 4.69) is 245 Å². The van der Waals surface area contributed by atoms with Gasteiger partial charge in [0.05, 0.1) is 22.1 Å². The highest BCUT2D eigenvalue weighted by molar-refractivity contribution is 6.18. The van der Waals surface area contributed by atoms with Crippen LogP contribution >= 0.6 is 0 Å². The quantitative estimate of drug-likeness (QED) is 0.173. The second-order valence-electron chi connectivity index (χ2n) is 22.5. The van der Waals surface area contributed by atoms with Crippen LogP contribution in [-0.2, 0) is 16.2 Å². The molecule has 0 saturated carbocycles. The number of benzene rings is 10. The summed E-state index contributed by atoms with van der Waals surface area (Å²) >= 11 is 0. The Morgan fingerprint density at radius 2 is 0.639 bits per heavy atom. The normalized spacial score (nSPS) is 15.4. The van der Waals surface area contributed by atoms with Crippen molar-refractivity contribution in [1.29, 1.82) is 0 Å². The minimum atomic E-state index is -0.120. The SMILES string of the molecule is CC1(C)c2ccccc2-c2cc3c4cc5c(cc4n(-c4ccc(-c6ccc(-n7c8cc9c(cc8c8cc%10oc%11ccccc%11c%10cc87)-c7ccccc7C9(C)C)cc6)cc4)c3cc21)C(C)(C)c1ccccc1-5. The van der Waals surface area contributed by atoms with E-state index in [9.17, 15) is 0 Å². The van der Waals surface area contributed by atoms with Gasteiger partial charge in [-0.25, -0.2) is 0 Å². The molecule has 0 unspecified atom stereocenters. The van der Waals surface area contributed by atoms with Crippen molar-refractivity contribution < 1.29 is 4.42 Å². The van der Waals surface area contributed by atoms with E-state index in [-0.39, 0.29) is 16.2 Å². The Kier molecular flexibility index (Phi) is 7.57. The van der Waals surface area contributed by atoms with Crippen LogP contribution in [-0.4, -0.2) is 9.13 Å². The second kappa shape index (κ2) is 13.5. The number of rotatable bonds is 3. The number of aromatic nitrogens is 2. The predicted octanol–water partition coefficient (Wildman–Crippen LogP) is 18.4. The molecule has 0 amide bonds. The summed E-state index contributed by atoms with van der Waals surface area (Å²) in [5, 5.41) is 7.30. The van der Waals surface area contributed by atoms with Crippen molar-refractivity contribution in [3.63, 3.8) is 0 Å². The van der Waals surface area contributed by atoms with Gasteiger partial charge >= 0.3 is 0 Å². The Labute approximate surface area is 418 Å². The summed E-state index contributed by atoms with van der Waals surface area (Å²) in [7, 11) is 0. The fourth-order valence-corrected chi connectivity index (χ4v) is 14.0. The van der Waals surface area contributed by atoms with Crippen LogP contribution in [0.3, 0.4) is 0 Å². The van der Waals surface area contributed by atoms with Crippen molar-refractivity contribution in [3.05, 3.63) is 228 Å². The summed E-state index contributed by atoms with van der Waals surface area (Å²) < 4.78 is 11.5. The van der Waals surface area contributed by atoms with E-state index in [0.717, 1.165) is 33.3 Å². The zero-order valence-electron chi connectivity index (χ0n) is 41.3. The fourth-order valence-electron chi connectivity index (χ4n) is 14.0. The maximum Gasteiger partial charge on any atom is 0.136 e. The molecule has 72 heavy (non-hydrogen) atoms. The van der Waals surface area contributed by atoms with Gasteiger partial charge in [0.1, 0.15) is 11.2 Å². The number of nitrogens with zero attached hydrogens (tertiary/aromatic N) is 2. The van der Waals surface area contributed by atoms with Crippen molar-refractivity contribution in [1.82, 2.24) is 9.13 Å². The summed E-state index contributed by atoms with van der Waals surface area (Å²) in [6.07, 6.45) is 0. The molecule has 0 spiro atoms. The van der Waals surface area contributed by atoms with E-state index in [1.807, 2.05) is 0 Å². The third-order valence-electron chi connectivity index (χ3n) is 17.7. The average molecular weight is 923 g/mol. The van der Waals surface area contributed by atoms with Crippen LogP contribution in [0.5, 0.6) is 0 Å². The largest absolute Gasteiger partial charge is 0.456 e. The molecule has 3 aliphatic carbocycles. The van der Waals surface area contributed by atoms with Gasteiger partial charge in [-0.3, -0.25) is 0 Å². The topological polar surface area (TPSA) is 23.0 Å². The molecular formula is C69H50N2O. The molecule has 0 radical (unpaired) electrons.